The molecule has 0 fully saturated rings. The Hall–Kier alpha value is -3.18. The standard InChI is InChI=1S/C25H16F12/c1-13-3-9-17(19(11-13)23(29,30)31)21(25(35,36)37,15-5-7-16(8-6-15)22(26,27)28)18-10-4-14(2)12-20(18)24(32,33)34/h3-12H,1-2H3. The van der Waals surface area contributed by atoms with E-state index in [1.54, 1.807) is 0 Å². The molecule has 0 saturated heterocycles. The number of benzene rings is 3. The Morgan fingerprint density at radius 2 is 0.757 bits per heavy atom. The summed E-state index contributed by atoms with van der Waals surface area (Å²) in [6.45, 7) is 2.28. The molecule has 0 aromatic heterocycles. The van der Waals surface area contributed by atoms with Crippen LogP contribution in [0.3, 0.4) is 0 Å². The molecule has 0 unspecified atom stereocenters. The maximum Gasteiger partial charge on any atom is 0.416 e. The van der Waals surface area contributed by atoms with Crippen LogP contribution in [-0.4, -0.2) is 6.18 Å². The molecule has 0 bridgehead atoms. The second-order valence-electron chi connectivity index (χ2n) is 8.42. The fraction of sp³-hybridized carbons (Fsp3) is 0.280. The van der Waals surface area contributed by atoms with Gasteiger partial charge in [0.2, 0.25) is 0 Å². The zero-order valence-corrected chi connectivity index (χ0v) is 18.8. The smallest absolute Gasteiger partial charge is 0.169 e. The van der Waals surface area contributed by atoms with Gasteiger partial charge in [0.25, 0.3) is 0 Å². The summed E-state index contributed by atoms with van der Waals surface area (Å²) in [5.74, 6) is 0. The van der Waals surface area contributed by atoms with Gasteiger partial charge < -0.3 is 0 Å². The second kappa shape index (κ2) is 8.98. The van der Waals surface area contributed by atoms with E-state index in [2.05, 4.69) is 0 Å². The molecule has 3 aromatic rings. The third-order valence-electron chi connectivity index (χ3n) is 5.84. The van der Waals surface area contributed by atoms with E-state index in [9.17, 15) is 39.5 Å². The molecule has 200 valence electrons. The summed E-state index contributed by atoms with van der Waals surface area (Å²) in [4.78, 5) is 0. The van der Waals surface area contributed by atoms with Crippen molar-refractivity contribution in [3.05, 3.63) is 105 Å². The Balaban J connectivity index is 2.64. The molecule has 0 saturated carbocycles. The van der Waals surface area contributed by atoms with Gasteiger partial charge in [0, 0.05) is 0 Å². The monoisotopic (exact) mass is 544 g/mol. The molecule has 3 rings (SSSR count). The predicted molar refractivity (Wildman–Crippen MR) is 110 cm³/mol. The van der Waals surface area contributed by atoms with Gasteiger partial charge >= 0.3 is 24.7 Å². The van der Waals surface area contributed by atoms with Crippen LogP contribution in [-0.2, 0) is 23.9 Å². The van der Waals surface area contributed by atoms with Gasteiger partial charge in [0.05, 0.1) is 16.7 Å². The Morgan fingerprint density at radius 3 is 1.05 bits per heavy atom. The molecule has 0 heterocycles. The van der Waals surface area contributed by atoms with Crippen LogP contribution in [0.4, 0.5) is 52.7 Å². The van der Waals surface area contributed by atoms with E-state index in [0.717, 1.165) is 26.0 Å². The number of hydrogen-bond acceptors (Lipinski definition) is 0. The van der Waals surface area contributed by atoms with Gasteiger partial charge in [-0.2, -0.15) is 52.7 Å². The van der Waals surface area contributed by atoms with E-state index in [1.165, 1.54) is 0 Å². The molecule has 0 aliphatic rings. The zero-order valence-electron chi connectivity index (χ0n) is 18.8. The molecule has 37 heavy (non-hydrogen) atoms. The first-order valence-corrected chi connectivity index (χ1v) is 10.3. The van der Waals surface area contributed by atoms with Crippen molar-refractivity contribution in [1.82, 2.24) is 0 Å². The van der Waals surface area contributed by atoms with E-state index >= 15 is 13.2 Å². The first-order chi connectivity index (χ1) is 16.7. The van der Waals surface area contributed by atoms with Crippen LogP contribution in [0.25, 0.3) is 0 Å². The lowest BCUT2D eigenvalue weighted by Gasteiger charge is -2.40. The lowest BCUT2D eigenvalue weighted by molar-refractivity contribution is -0.174. The first kappa shape index (κ1) is 28.4. The fourth-order valence-electron chi connectivity index (χ4n) is 4.27. The Kier molecular flexibility index (Phi) is 6.89. The Labute approximate surface area is 202 Å². The molecule has 0 N–H and O–H groups in total. The topological polar surface area (TPSA) is 0 Å². The molecule has 0 aliphatic carbocycles. The summed E-state index contributed by atoms with van der Waals surface area (Å²) in [5, 5.41) is 0. The van der Waals surface area contributed by atoms with Gasteiger partial charge in [-0.05, 0) is 54.8 Å². The Bertz CT molecular complexity index is 1210. The highest BCUT2D eigenvalue weighted by Crippen LogP contribution is 2.56. The fourth-order valence-corrected chi connectivity index (χ4v) is 4.27. The molecule has 0 nitrogen and oxygen atoms in total. The van der Waals surface area contributed by atoms with Gasteiger partial charge in [0.1, 0.15) is 5.41 Å². The van der Waals surface area contributed by atoms with E-state index in [4.69, 9.17) is 0 Å². The number of alkyl halides is 12. The minimum Gasteiger partial charge on any atom is -0.169 e. The van der Waals surface area contributed by atoms with Crippen molar-refractivity contribution in [2.24, 2.45) is 0 Å². The van der Waals surface area contributed by atoms with Crippen molar-refractivity contribution in [1.29, 1.82) is 0 Å². The highest BCUT2D eigenvalue weighted by molar-refractivity contribution is 5.59. The summed E-state index contributed by atoms with van der Waals surface area (Å²) in [5.41, 5.74) is -14.1. The molecule has 0 aliphatic heterocycles. The summed E-state index contributed by atoms with van der Waals surface area (Å²) < 4.78 is 169. The van der Waals surface area contributed by atoms with Crippen molar-refractivity contribution in [3.63, 3.8) is 0 Å². The highest BCUT2D eigenvalue weighted by Gasteiger charge is 2.62. The third kappa shape index (κ3) is 5.15. The van der Waals surface area contributed by atoms with Crippen molar-refractivity contribution < 1.29 is 52.7 Å². The largest absolute Gasteiger partial charge is 0.416 e. The van der Waals surface area contributed by atoms with Crippen LogP contribution in [0.5, 0.6) is 0 Å². The molecule has 0 atom stereocenters. The predicted octanol–water partition coefficient (Wildman–Crippen LogP) is 9.26. The summed E-state index contributed by atoms with van der Waals surface area (Å²) >= 11 is 0. The van der Waals surface area contributed by atoms with Crippen molar-refractivity contribution >= 4 is 0 Å². The van der Waals surface area contributed by atoms with Crippen molar-refractivity contribution in [2.45, 2.75) is 44.0 Å². The van der Waals surface area contributed by atoms with Gasteiger partial charge in [-0.3, -0.25) is 0 Å². The molecule has 0 radical (unpaired) electrons. The SMILES string of the molecule is Cc1ccc(C(c2ccc(C(F)(F)F)cc2)(c2ccc(C)cc2C(F)(F)F)C(F)(F)F)c(C(F)(F)F)c1. The first-order valence-electron chi connectivity index (χ1n) is 10.3. The van der Waals surface area contributed by atoms with Crippen molar-refractivity contribution in [2.75, 3.05) is 0 Å². The van der Waals surface area contributed by atoms with E-state index < -0.39 is 63.5 Å². The number of hydrogen-bond donors (Lipinski definition) is 0. The number of halogens is 12. The van der Waals surface area contributed by atoms with Crippen molar-refractivity contribution in [3.8, 4) is 0 Å². The average Bonchev–Trinajstić information content (AvgIpc) is 2.73. The number of aryl methyl sites for hydroxylation is 2. The molecule has 12 heteroatoms. The summed E-state index contributed by atoms with van der Waals surface area (Å²) in [6.07, 6.45) is -21.8. The van der Waals surface area contributed by atoms with Gasteiger partial charge in [-0.25, -0.2) is 0 Å². The van der Waals surface area contributed by atoms with Crippen LogP contribution in [0, 0.1) is 13.8 Å². The third-order valence-corrected chi connectivity index (χ3v) is 5.84. The highest BCUT2D eigenvalue weighted by atomic mass is 19.4. The quantitative estimate of drug-likeness (QED) is 0.228. The van der Waals surface area contributed by atoms with E-state index in [-0.39, 0.29) is 35.4 Å². The second-order valence-corrected chi connectivity index (χ2v) is 8.42. The van der Waals surface area contributed by atoms with Crippen LogP contribution in [0.15, 0.2) is 60.7 Å². The molecule has 3 aromatic carbocycles. The Morgan fingerprint density at radius 1 is 0.405 bits per heavy atom. The van der Waals surface area contributed by atoms with Crippen LogP contribution >= 0.6 is 0 Å². The minimum atomic E-state index is -5.88. The van der Waals surface area contributed by atoms with Crippen LogP contribution < -0.4 is 0 Å². The maximum absolute atomic E-state index is 15.1. The summed E-state index contributed by atoms with van der Waals surface area (Å²) in [6, 6.07) is 4.08. The summed E-state index contributed by atoms with van der Waals surface area (Å²) in [7, 11) is 0. The van der Waals surface area contributed by atoms with E-state index in [0.29, 0.717) is 24.3 Å². The van der Waals surface area contributed by atoms with E-state index in [1.807, 2.05) is 0 Å². The molecular weight excluding hydrogens is 528 g/mol. The lowest BCUT2D eigenvalue weighted by atomic mass is 9.65. The van der Waals surface area contributed by atoms with Crippen LogP contribution in [0.2, 0.25) is 0 Å². The minimum absolute atomic E-state index is 0.139. The molecule has 0 amide bonds. The molecular formula is C25H16F12. The van der Waals surface area contributed by atoms with Gasteiger partial charge in [-0.15, -0.1) is 0 Å². The van der Waals surface area contributed by atoms with Gasteiger partial charge in [-0.1, -0.05) is 47.5 Å². The number of rotatable bonds is 3. The maximum atomic E-state index is 15.1. The normalized spacial score (nSPS) is 13.7. The lowest BCUT2D eigenvalue weighted by Crippen LogP contribution is -2.47. The zero-order chi connectivity index (χ0) is 28.2. The van der Waals surface area contributed by atoms with Crippen LogP contribution in [0.1, 0.15) is 44.5 Å². The average molecular weight is 544 g/mol. The molecule has 0 spiro atoms. The van der Waals surface area contributed by atoms with Gasteiger partial charge in [0.15, 0.2) is 0 Å².